The molecule has 0 fully saturated rings. The van der Waals surface area contributed by atoms with Crippen molar-refractivity contribution < 1.29 is 18.0 Å². The largest absolute Gasteiger partial charge is 0.346 e. The Morgan fingerprint density at radius 3 is 1.96 bits per heavy atom. The van der Waals surface area contributed by atoms with Crippen LogP contribution in [0.2, 0.25) is 0 Å². The van der Waals surface area contributed by atoms with Gasteiger partial charge in [-0.3, -0.25) is 14.3 Å². The standard InChI is InChI=1S/C16H24N2O4S/c1-10(2)23(21,22)18-15-8-6-14(7-9-15)11(3)16(20)17-12(4)13(5)19/h6-12,18H,1-5H3,(H,17,20)/t11-,12+/m1/s1. The number of nitrogens with one attached hydrogen (secondary N) is 2. The van der Waals surface area contributed by atoms with Crippen LogP contribution in [0.5, 0.6) is 0 Å². The van der Waals surface area contributed by atoms with Gasteiger partial charge in [-0.1, -0.05) is 12.1 Å². The number of ketones is 1. The third-order valence-corrected chi connectivity index (χ3v) is 5.41. The molecular formula is C16H24N2O4S. The number of Topliss-reactive ketones (excluding diaryl/α,β-unsaturated/α-hetero) is 1. The van der Waals surface area contributed by atoms with Crippen LogP contribution < -0.4 is 10.0 Å². The van der Waals surface area contributed by atoms with Crippen LogP contribution in [0.4, 0.5) is 5.69 Å². The molecule has 2 N–H and O–H groups in total. The maximum Gasteiger partial charge on any atom is 0.235 e. The summed E-state index contributed by atoms with van der Waals surface area (Å²) in [6.07, 6.45) is 0. The summed E-state index contributed by atoms with van der Waals surface area (Å²) < 4.78 is 26.1. The molecule has 0 aliphatic heterocycles. The quantitative estimate of drug-likeness (QED) is 0.794. The van der Waals surface area contributed by atoms with Gasteiger partial charge in [-0.05, 0) is 52.3 Å². The molecule has 1 rings (SSSR count). The molecule has 1 aromatic carbocycles. The lowest BCUT2D eigenvalue weighted by atomic mass is 9.99. The first-order valence-electron chi connectivity index (χ1n) is 7.47. The first-order chi connectivity index (χ1) is 10.5. The maximum absolute atomic E-state index is 12.1. The fraction of sp³-hybridized carbons (Fsp3) is 0.500. The minimum absolute atomic E-state index is 0.107. The molecular weight excluding hydrogens is 316 g/mol. The van der Waals surface area contributed by atoms with Gasteiger partial charge in [-0.15, -0.1) is 0 Å². The zero-order chi connectivity index (χ0) is 17.8. The van der Waals surface area contributed by atoms with Gasteiger partial charge in [0.15, 0.2) is 5.78 Å². The molecule has 23 heavy (non-hydrogen) atoms. The Kier molecular flexibility index (Phi) is 6.32. The van der Waals surface area contributed by atoms with Crippen LogP contribution in [0, 0.1) is 0 Å². The van der Waals surface area contributed by atoms with Crippen LogP contribution >= 0.6 is 0 Å². The molecule has 0 aromatic heterocycles. The number of carbonyl (C=O) groups excluding carboxylic acids is 2. The van der Waals surface area contributed by atoms with Crippen LogP contribution in [0.3, 0.4) is 0 Å². The predicted octanol–water partition coefficient (Wildman–Crippen LogP) is 2.03. The molecule has 0 spiro atoms. The van der Waals surface area contributed by atoms with E-state index in [4.69, 9.17) is 0 Å². The Hall–Kier alpha value is -1.89. The van der Waals surface area contributed by atoms with Crippen LogP contribution in [-0.2, 0) is 19.6 Å². The van der Waals surface area contributed by atoms with Gasteiger partial charge in [0.25, 0.3) is 0 Å². The smallest absolute Gasteiger partial charge is 0.235 e. The van der Waals surface area contributed by atoms with E-state index in [1.807, 2.05) is 0 Å². The van der Waals surface area contributed by atoms with E-state index in [9.17, 15) is 18.0 Å². The average molecular weight is 340 g/mol. The van der Waals surface area contributed by atoms with Crippen LogP contribution in [0.15, 0.2) is 24.3 Å². The summed E-state index contributed by atoms with van der Waals surface area (Å²) in [5.74, 6) is -0.792. The zero-order valence-electron chi connectivity index (χ0n) is 14.1. The number of hydrogen-bond acceptors (Lipinski definition) is 4. The number of carbonyl (C=O) groups is 2. The lowest BCUT2D eigenvalue weighted by Gasteiger charge is -2.16. The van der Waals surface area contributed by atoms with E-state index in [-0.39, 0.29) is 11.7 Å². The molecule has 6 nitrogen and oxygen atoms in total. The molecule has 0 aliphatic rings. The third-order valence-electron chi connectivity index (χ3n) is 3.65. The Morgan fingerprint density at radius 1 is 1.00 bits per heavy atom. The van der Waals surface area contributed by atoms with E-state index in [0.29, 0.717) is 5.69 Å². The molecule has 0 saturated carbocycles. The van der Waals surface area contributed by atoms with Gasteiger partial charge in [0, 0.05) is 5.69 Å². The number of benzene rings is 1. The van der Waals surface area contributed by atoms with Gasteiger partial charge in [0.05, 0.1) is 17.2 Å². The van der Waals surface area contributed by atoms with E-state index in [1.54, 1.807) is 52.0 Å². The second-order valence-electron chi connectivity index (χ2n) is 5.88. The van der Waals surface area contributed by atoms with Gasteiger partial charge in [0.2, 0.25) is 15.9 Å². The molecule has 0 bridgehead atoms. The highest BCUT2D eigenvalue weighted by atomic mass is 32.2. The minimum Gasteiger partial charge on any atom is -0.346 e. The Bertz CT molecular complexity index is 666. The summed E-state index contributed by atoms with van der Waals surface area (Å²) >= 11 is 0. The van der Waals surface area contributed by atoms with Crippen LogP contribution in [0.1, 0.15) is 46.1 Å². The molecule has 0 radical (unpaired) electrons. The van der Waals surface area contributed by atoms with Crippen molar-refractivity contribution >= 4 is 27.4 Å². The topological polar surface area (TPSA) is 92.3 Å². The normalized spacial score (nSPS) is 14.2. The highest BCUT2D eigenvalue weighted by Crippen LogP contribution is 2.19. The van der Waals surface area contributed by atoms with E-state index in [0.717, 1.165) is 5.56 Å². The summed E-state index contributed by atoms with van der Waals surface area (Å²) in [5, 5.41) is 2.12. The number of anilines is 1. The molecule has 128 valence electrons. The van der Waals surface area contributed by atoms with Crippen molar-refractivity contribution in [2.24, 2.45) is 0 Å². The van der Waals surface area contributed by atoms with Crippen molar-refractivity contribution in [3.63, 3.8) is 0 Å². The van der Waals surface area contributed by atoms with Crippen LogP contribution in [-0.4, -0.2) is 31.4 Å². The minimum atomic E-state index is -3.39. The van der Waals surface area contributed by atoms with Crippen molar-refractivity contribution in [2.75, 3.05) is 4.72 Å². The van der Waals surface area contributed by atoms with Crippen molar-refractivity contribution in [1.82, 2.24) is 5.32 Å². The second-order valence-corrected chi connectivity index (χ2v) is 8.12. The molecule has 1 aromatic rings. The highest BCUT2D eigenvalue weighted by molar-refractivity contribution is 7.93. The number of hydrogen-bond donors (Lipinski definition) is 2. The second kappa shape index (κ2) is 7.59. The molecule has 0 heterocycles. The van der Waals surface area contributed by atoms with Crippen molar-refractivity contribution in [3.05, 3.63) is 29.8 Å². The molecule has 7 heteroatoms. The van der Waals surface area contributed by atoms with E-state index in [1.165, 1.54) is 6.92 Å². The summed E-state index contributed by atoms with van der Waals surface area (Å²) in [6, 6.07) is 6.10. The fourth-order valence-corrected chi connectivity index (χ4v) is 2.41. The zero-order valence-corrected chi connectivity index (χ0v) is 14.9. The molecule has 2 atom stereocenters. The van der Waals surface area contributed by atoms with Crippen LogP contribution in [0.25, 0.3) is 0 Å². The summed E-state index contributed by atoms with van der Waals surface area (Å²) in [7, 11) is -3.39. The van der Waals surface area contributed by atoms with Gasteiger partial charge < -0.3 is 5.32 Å². The summed E-state index contributed by atoms with van der Waals surface area (Å²) in [4.78, 5) is 23.3. The fourth-order valence-electron chi connectivity index (χ4n) is 1.71. The van der Waals surface area contributed by atoms with Crippen molar-refractivity contribution in [1.29, 1.82) is 0 Å². The number of rotatable bonds is 7. The van der Waals surface area contributed by atoms with Gasteiger partial charge >= 0.3 is 0 Å². The predicted molar refractivity (Wildman–Crippen MR) is 90.8 cm³/mol. The number of amides is 1. The maximum atomic E-state index is 12.1. The van der Waals surface area contributed by atoms with E-state index < -0.39 is 27.2 Å². The average Bonchev–Trinajstić information content (AvgIpc) is 2.46. The van der Waals surface area contributed by atoms with Gasteiger partial charge in [0.1, 0.15) is 0 Å². The first kappa shape index (κ1) is 19.2. The molecule has 0 unspecified atom stereocenters. The Balaban J connectivity index is 2.80. The summed E-state index contributed by atoms with van der Waals surface area (Å²) in [5.41, 5.74) is 1.19. The SMILES string of the molecule is CC(=O)[C@H](C)NC(=O)[C@H](C)c1ccc(NS(=O)(=O)C(C)C)cc1. The molecule has 0 aliphatic carbocycles. The van der Waals surface area contributed by atoms with Crippen molar-refractivity contribution in [2.45, 2.75) is 51.8 Å². The monoisotopic (exact) mass is 340 g/mol. The summed E-state index contributed by atoms with van der Waals surface area (Å²) in [6.45, 7) is 7.98. The van der Waals surface area contributed by atoms with E-state index in [2.05, 4.69) is 10.0 Å². The third kappa shape index (κ3) is 5.35. The highest BCUT2D eigenvalue weighted by Gasteiger charge is 2.19. The van der Waals surface area contributed by atoms with Gasteiger partial charge in [-0.2, -0.15) is 0 Å². The Labute approximate surface area is 137 Å². The van der Waals surface area contributed by atoms with E-state index >= 15 is 0 Å². The Morgan fingerprint density at radius 2 is 1.52 bits per heavy atom. The van der Waals surface area contributed by atoms with Gasteiger partial charge in [-0.25, -0.2) is 8.42 Å². The molecule has 0 saturated heterocycles. The molecule has 1 amide bonds. The van der Waals surface area contributed by atoms with Crippen molar-refractivity contribution in [3.8, 4) is 0 Å². The number of sulfonamides is 1. The lowest BCUT2D eigenvalue weighted by molar-refractivity contribution is -0.127. The first-order valence-corrected chi connectivity index (χ1v) is 9.01. The lowest BCUT2D eigenvalue weighted by Crippen LogP contribution is -2.39.